The van der Waals surface area contributed by atoms with E-state index in [-0.39, 0.29) is 40.8 Å². The summed E-state index contributed by atoms with van der Waals surface area (Å²) in [7, 11) is -3.29. The number of rotatable bonds is 7. The zero-order valence-electron chi connectivity index (χ0n) is 18.4. The van der Waals surface area contributed by atoms with Crippen LogP contribution in [0.25, 0.3) is 0 Å². The van der Waals surface area contributed by atoms with Gasteiger partial charge in [-0.2, -0.15) is 8.42 Å². The van der Waals surface area contributed by atoms with Crippen molar-refractivity contribution in [1.29, 1.82) is 0 Å². The van der Waals surface area contributed by atoms with E-state index in [2.05, 4.69) is 9.17 Å². The molecule has 1 aliphatic rings. The minimum absolute atomic E-state index is 0.0797. The number of ether oxygens (including phenoxy) is 2. The summed E-state index contributed by atoms with van der Waals surface area (Å²) in [5, 5.41) is 0.321. The van der Waals surface area contributed by atoms with Gasteiger partial charge in [-0.15, -0.1) is 0 Å². The van der Waals surface area contributed by atoms with Crippen molar-refractivity contribution in [3.63, 3.8) is 0 Å². The molecule has 1 aromatic carbocycles. The fourth-order valence-electron chi connectivity index (χ4n) is 2.82. The van der Waals surface area contributed by atoms with Crippen LogP contribution in [0.15, 0.2) is 58.0 Å². The molecule has 0 saturated carbocycles. The predicted molar refractivity (Wildman–Crippen MR) is 118 cm³/mol. The lowest BCUT2D eigenvalue weighted by Crippen LogP contribution is -2.27. The molecule has 0 saturated heterocycles. The summed E-state index contributed by atoms with van der Waals surface area (Å²) in [4.78, 5) is 30.3. The van der Waals surface area contributed by atoms with Gasteiger partial charge in [0.05, 0.1) is 25.9 Å². The summed E-state index contributed by atoms with van der Waals surface area (Å²) in [6, 6.07) is 8.18. The lowest BCUT2D eigenvalue weighted by atomic mass is 9.92. The van der Waals surface area contributed by atoms with Crippen LogP contribution in [-0.4, -0.2) is 54.4 Å². The van der Waals surface area contributed by atoms with Crippen LogP contribution in [0.3, 0.4) is 0 Å². The number of hydrogen-bond acceptors (Lipinski definition) is 9. The molecule has 12 heteroatoms. The second-order valence-corrected chi connectivity index (χ2v) is 8.98. The molecule has 0 radical (unpaired) electrons. The highest BCUT2D eigenvalue weighted by Crippen LogP contribution is 2.34. The number of pyridine rings is 1. The number of hydrogen-bond donors (Lipinski definition) is 1. The lowest BCUT2D eigenvalue weighted by molar-refractivity contribution is 0.0769. The fraction of sp³-hybridized carbons (Fsp3) is 0.286. The molecule has 1 N–H and O–H groups in total. The predicted octanol–water partition coefficient (Wildman–Crippen LogP) is 2.66. The number of nitrogens with zero attached hydrogens (tertiary/aromatic N) is 1. The van der Waals surface area contributed by atoms with E-state index in [1.54, 1.807) is 44.3 Å². The molecule has 2 aromatic rings. The van der Waals surface area contributed by atoms with Gasteiger partial charge in [-0.25, -0.2) is 4.98 Å². The third kappa shape index (κ3) is 6.39. The molecule has 1 aromatic heterocycles. The number of carbonyl (C=O) groups excluding carboxylic acids is 2. The summed E-state index contributed by atoms with van der Waals surface area (Å²) in [5.41, 5.74) is 1.13. The van der Waals surface area contributed by atoms with Gasteiger partial charge in [0.25, 0.3) is 5.03 Å². The maximum absolute atomic E-state index is 13.1. The molecular weight excluding hydrogens is 474 g/mol. The van der Waals surface area contributed by atoms with E-state index in [0.717, 1.165) is 12.7 Å². The Labute approximate surface area is 194 Å². The van der Waals surface area contributed by atoms with E-state index >= 15 is 0 Å². The first kappa shape index (κ1) is 26.5. The van der Waals surface area contributed by atoms with Crippen molar-refractivity contribution in [2.24, 2.45) is 0 Å². The Kier molecular flexibility index (Phi) is 9.14. The Morgan fingerprint density at radius 1 is 1.06 bits per heavy atom. The molecule has 1 heterocycles. The first-order chi connectivity index (χ1) is 15.6. The summed E-state index contributed by atoms with van der Waals surface area (Å²) in [5.74, 6) is -1.20. The van der Waals surface area contributed by atoms with Gasteiger partial charge < -0.3 is 14.0 Å². The van der Waals surface area contributed by atoms with Gasteiger partial charge in [-0.1, -0.05) is 6.07 Å². The van der Waals surface area contributed by atoms with Crippen molar-refractivity contribution in [2.75, 3.05) is 20.3 Å². The molecule has 1 atom stereocenters. The van der Waals surface area contributed by atoms with Crippen LogP contribution in [0, 0.1) is 6.92 Å². The second kappa shape index (κ2) is 11.4. The van der Waals surface area contributed by atoms with Crippen LogP contribution in [0.4, 0.5) is 0 Å². The molecule has 10 nitrogen and oxygen atoms in total. The number of ketones is 2. The Morgan fingerprint density at radius 2 is 1.64 bits per heavy atom. The summed E-state index contributed by atoms with van der Waals surface area (Å²) < 4.78 is 53.6. The molecule has 1 unspecified atom stereocenters. The minimum atomic E-state index is -4.16. The molecule has 3 rings (SSSR count). The largest absolute Gasteiger partial charge is 0.605 e. The van der Waals surface area contributed by atoms with Crippen molar-refractivity contribution in [2.45, 2.75) is 30.7 Å². The van der Waals surface area contributed by atoms with Gasteiger partial charge in [0.15, 0.2) is 4.90 Å². The number of allylic oxidation sites excluding steroid dienone is 2. The molecule has 33 heavy (non-hydrogen) atoms. The van der Waals surface area contributed by atoms with Crippen molar-refractivity contribution in [3.05, 3.63) is 64.7 Å². The van der Waals surface area contributed by atoms with Gasteiger partial charge in [-0.05, 0) is 44.5 Å². The molecule has 0 fully saturated rings. The van der Waals surface area contributed by atoms with Crippen LogP contribution < -0.4 is 0 Å². The maximum atomic E-state index is 13.1. The minimum Gasteiger partial charge on any atom is -0.605 e. The summed E-state index contributed by atoms with van der Waals surface area (Å²) in [6.45, 7) is 5.72. The molecule has 0 aliphatic heterocycles. The normalized spacial score (nSPS) is 14.2. The standard InChI is InChI=1S/C20H19NO5S.CH4O4S/c1-4-25-19-17(22)13-7-6-8-14(16(13)18(23)20(19)26-5-2)27(24)15-11-12(3)9-10-21-15;1-5-6(2,3)4/h6-11H,4-5H2,1-3H3;1H3,(H,2,3,4). The first-order valence-electron chi connectivity index (χ1n) is 9.65. The number of aryl methyl sites for hydroxylation is 1. The molecule has 0 amide bonds. The SMILES string of the molecule is CCOC1=C(OCC)C(=O)c2c(cccc2[S+]([O-])c2cc(C)ccn2)C1=O.COS(=O)(=O)O. The Bertz CT molecular complexity index is 1180. The molecule has 1 aliphatic carbocycles. The van der Waals surface area contributed by atoms with Crippen LogP contribution in [0.1, 0.15) is 40.1 Å². The van der Waals surface area contributed by atoms with Gasteiger partial charge in [0.2, 0.25) is 23.1 Å². The second-order valence-electron chi connectivity index (χ2n) is 6.40. The van der Waals surface area contributed by atoms with Gasteiger partial charge in [-0.3, -0.25) is 18.3 Å². The number of Topliss-reactive ketones (excluding diaryl/α,β-unsaturated/α-hetero) is 2. The van der Waals surface area contributed by atoms with E-state index in [4.69, 9.17) is 14.0 Å². The zero-order chi connectivity index (χ0) is 24.8. The van der Waals surface area contributed by atoms with Gasteiger partial charge >= 0.3 is 10.4 Å². The van der Waals surface area contributed by atoms with E-state index in [9.17, 15) is 22.6 Å². The highest BCUT2D eigenvalue weighted by molar-refractivity contribution is 7.91. The number of carbonyl (C=O) groups is 2. The number of aromatic nitrogens is 1. The van der Waals surface area contributed by atoms with Gasteiger partial charge in [0.1, 0.15) is 0 Å². The molecule has 0 bridgehead atoms. The van der Waals surface area contributed by atoms with Crippen molar-refractivity contribution in [1.82, 2.24) is 4.98 Å². The topological polar surface area (TPSA) is 152 Å². The van der Waals surface area contributed by atoms with Crippen LogP contribution in [-0.2, 0) is 35.2 Å². The average molecular weight is 498 g/mol. The fourth-order valence-corrected chi connectivity index (χ4v) is 4.09. The van der Waals surface area contributed by atoms with Crippen molar-refractivity contribution in [3.8, 4) is 0 Å². The Hall–Kier alpha value is -2.77. The van der Waals surface area contributed by atoms with E-state index in [1.165, 1.54) is 6.07 Å². The Balaban J connectivity index is 0.000000569. The first-order valence-corrected chi connectivity index (χ1v) is 12.2. The smallest absolute Gasteiger partial charge is 0.397 e. The molecule has 0 spiro atoms. The highest BCUT2D eigenvalue weighted by atomic mass is 32.3. The van der Waals surface area contributed by atoms with E-state index in [1.807, 2.05) is 6.92 Å². The third-order valence-electron chi connectivity index (χ3n) is 4.18. The maximum Gasteiger partial charge on any atom is 0.397 e. The van der Waals surface area contributed by atoms with Crippen molar-refractivity contribution >= 4 is 33.1 Å². The molecular formula is C21H23NO9S2. The highest BCUT2D eigenvalue weighted by Gasteiger charge is 2.40. The summed E-state index contributed by atoms with van der Waals surface area (Å²) >= 11 is -1.72. The third-order valence-corrected chi connectivity index (χ3v) is 5.95. The van der Waals surface area contributed by atoms with E-state index < -0.39 is 33.1 Å². The lowest BCUT2D eigenvalue weighted by Gasteiger charge is -2.22. The van der Waals surface area contributed by atoms with Gasteiger partial charge in [0, 0.05) is 29.0 Å². The van der Waals surface area contributed by atoms with Crippen LogP contribution in [0.2, 0.25) is 0 Å². The average Bonchev–Trinajstić information content (AvgIpc) is 2.78. The Morgan fingerprint density at radius 3 is 2.15 bits per heavy atom. The number of benzene rings is 1. The summed E-state index contributed by atoms with van der Waals surface area (Å²) in [6.07, 6.45) is 1.56. The van der Waals surface area contributed by atoms with Crippen molar-refractivity contribution < 1.29 is 40.8 Å². The van der Waals surface area contributed by atoms with E-state index in [0.29, 0.717) is 5.03 Å². The van der Waals surface area contributed by atoms with Crippen LogP contribution in [0.5, 0.6) is 0 Å². The zero-order valence-corrected chi connectivity index (χ0v) is 20.0. The monoisotopic (exact) mass is 497 g/mol. The molecule has 178 valence electrons. The quantitative estimate of drug-likeness (QED) is 0.446. The number of fused-ring (bicyclic) bond motifs is 1. The van der Waals surface area contributed by atoms with Crippen LogP contribution >= 0.6 is 0 Å².